The second kappa shape index (κ2) is 5.99. The van der Waals surface area contributed by atoms with Crippen molar-refractivity contribution in [3.05, 3.63) is 36.2 Å². The van der Waals surface area contributed by atoms with Crippen LogP contribution in [0.1, 0.15) is 18.4 Å². The number of anilines is 1. The third kappa shape index (κ3) is 3.34. The van der Waals surface area contributed by atoms with Crippen molar-refractivity contribution in [3.8, 4) is 5.82 Å². The molecule has 6 nitrogen and oxygen atoms in total. The minimum atomic E-state index is -4.53. The standard InChI is InChI=1S/C14H14F3N5O/c15-14(16,17)9-3-1-7-19-12(9)22-8-5-11(21-22)20-13(23)10-4-2-6-18-10/h1,3,5,7-8,10,18H,2,4,6H2,(H,20,21,23). The summed E-state index contributed by atoms with van der Waals surface area (Å²) in [5, 5.41) is 9.59. The number of alkyl halides is 3. The van der Waals surface area contributed by atoms with Crippen molar-refractivity contribution < 1.29 is 18.0 Å². The summed E-state index contributed by atoms with van der Waals surface area (Å²) in [6, 6.07) is 3.29. The molecule has 0 aromatic carbocycles. The molecular formula is C14H14F3N5O. The third-order valence-electron chi connectivity index (χ3n) is 3.53. The van der Waals surface area contributed by atoms with E-state index >= 15 is 0 Å². The first-order valence-corrected chi connectivity index (χ1v) is 7.07. The highest BCUT2D eigenvalue weighted by Crippen LogP contribution is 2.32. The van der Waals surface area contributed by atoms with Crippen LogP contribution in [0, 0.1) is 0 Å². The van der Waals surface area contributed by atoms with Crippen LogP contribution < -0.4 is 10.6 Å². The Labute approximate surface area is 129 Å². The molecule has 0 aliphatic carbocycles. The molecule has 1 amide bonds. The highest BCUT2D eigenvalue weighted by Gasteiger charge is 2.35. The number of hydrogen-bond donors (Lipinski definition) is 2. The number of aromatic nitrogens is 3. The van der Waals surface area contributed by atoms with Crippen molar-refractivity contribution in [1.29, 1.82) is 0 Å². The molecule has 0 saturated carbocycles. The van der Waals surface area contributed by atoms with Crippen molar-refractivity contribution in [2.75, 3.05) is 11.9 Å². The molecule has 1 saturated heterocycles. The van der Waals surface area contributed by atoms with Crippen molar-refractivity contribution in [2.45, 2.75) is 25.1 Å². The van der Waals surface area contributed by atoms with E-state index in [0.717, 1.165) is 30.1 Å². The third-order valence-corrected chi connectivity index (χ3v) is 3.53. The van der Waals surface area contributed by atoms with Gasteiger partial charge in [0.2, 0.25) is 5.91 Å². The number of hydrogen-bond acceptors (Lipinski definition) is 4. The van der Waals surface area contributed by atoms with Gasteiger partial charge in [0.25, 0.3) is 0 Å². The molecule has 3 heterocycles. The molecule has 1 unspecified atom stereocenters. The van der Waals surface area contributed by atoms with Gasteiger partial charge in [0.1, 0.15) is 5.56 Å². The largest absolute Gasteiger partial charge is 0.420 e. The van der Waals surface area contributed by atoms with E-state index < -0.39 is 11.7 Å². The van der Waals surface area contributed by atoms with E-state index in [1.165, 1.54) is 24.5 Å². The van der Waals surface area contributed by atoms with E-state index in [9.17, 15) is 18.0 Å². The molecule has 1 atom stereocenters. The molecule has 3 rings (SSSR count). The Morgan fingerprint density at radius 3 is 2.91 bits per heavy atom. The van der Waals surface area contributed by atoms with Crippen molar-refractivity contribution >= 4 is 11.7 Å². The van der Waals surface area contributed by atoms with Crippen molar-refractivity contribution in [2.24, 2.45) is 0 Å². The summed E-state index contributed by atoms with van der Waals surface area (Å²) in [4.78, 5) is 15.7. The predicted molar refractivity (Wildman–Crippen MR) is 76.0 cm³/mol. The lowest BCUT2D eigenvalue weighted by Gasteiger charge is -2.11. The van der Waals surface area contributed by atoms with Gasteiger partial charge in [-0.2, -0.15) is 13.2 Å². The van der Waals surface area contributed by atoms with Crippen LogP contribution >= 0.6 is 0 Å². The predicted octanol–water partition coefficient (Wildman–Crippen LogP) is 1.98. The van der Waals surface area contributed by atoms with Gasteiger partial charge in [0.15, 0.2) is 11.6 Å². The molecule has 2 aromatic rings. The fraction of sp³-hybridized carbons (Fsp3) is 0.357. The maximum atomic E-state index is 13.0. The summed E-state index contributed by atoms with van der Waals surface area (Å²) in [5.41, 5.74) is -0.890. The lowest BCUT2D eigenvalue weighted by atomic mass is 10.2. The first-order chi connectivity index (χ1) is 10.9. The summed E-state index contributed by atoms with van der Waals surface area (Å²) >= 11 is 0. The van der Waals surface area contributed by atoms with E-state index in [-0.39, 0.29) is 23.6 Å². The van der Waals surface area contributed by atoms with Crippen molar-refractivity contribution in [1.82, 2.24) is 20.1 Å². The number of rotatable bonds is 3. The summed E-state index contributed by atoms with van der Waals surface area (Å²) in [7, 11) is 0. The Morgan fingerprint density at radius 1 is 1.39 bits per heavy atom. The van der Waals surface area contributed by atoms with Crippen LogP contribution in [0.25, 0.3) is 5.82 Å². The zero-order chi connectivity index (χ0) is 16.4. The van der Waals surface area contributed by atoms with Gasteiger partial charge in [-0.3, -0.25) is 4.79 Å². The number of amides is 1. The van der Waals surface area contributed by atoms with E-state index in [1.807, 2.05) is 0 Å². The molecule has 1 aliphatic rings. The Morgan fingerprint density at radius 2 is 2.22 bits per heavy atom. The number of pyridine rings is 1. The average molecular weight is 325 g/mol. The molecule has 0 bridgehead atoms. The van der Waals surface area contributed by atoms with E-state index in [2.05, 4.69) is 20.7 Å². The average Bonchev–Trinajstić information content (AvgIpc) is 3.18. The summed E-state index contributed by atoms with van der Waals surface area (Å²) in [6.45, 7) is 0.773. The molecule has 122 valence electrons. The topological polar surface area (TPSA) is 71.8 Å². The molecule has 1 aliphatic heterocycles. The zero-order valence-electron chi connectivity index (χ0n) is 12.0. The second-order valence-corrected chi connectivity index (χ2v) is 5.16. The quantitative estimate of drug-likeness (QED) is 0.905. The molecule has 1 fully saturated rings. The van der Waals surface area contributed by atoms with E-state index in [4.69, 9.17) is 0 Å². The Balaban J connectivity index is 1.81. The fourth-order valence-corrected chi connectivity index (χ4v) is 2.43. The van der Waals surface area contributed by atoms with Gasteiger partial charge in [-0.15, -0.1) is 5.10 Å². The molecular weight excluding hydrogens is 311 g/mol. The summed E-state index contributed by atoms with van der Waals surface area (Å²) in [5.74, 6) is -0.396. The minimum Gasteiger partial charge on any atom is -0.308 e. The number of halogens is 3. The van der Waals surface area contributed by atoms with Crippen LogP contribution in [0.3, 0.4) is 0 Å². The smallest absolute Gasteiger partial charge is 0.308 e. The molecule has 0 radical (unpaired) electrons. The molecule has 0 spiro atoms. The maximum Gasteiger partial charge on any atom is 0.420 e. The van der Waals surface area contributed by atoms with Gasteiger partial charge in [0, 0.05) is 18.5 Å². The SMILES string of the molecule is O=C(Nc1ccn(-c2ncccc2C(F)(F)F)n1)C1CCCN1. The second-order valence-electron chi connectivity index (χ2n) is 5.16. The number of carbonyl (C=O) groups excluding carboxylic acids is 1. The highest BCUT2D eigenvalue weighted by molar-refractivity contribution is 5.94. The van der Waals surface area contributed by atoms with Gasteiger partial charge < -0.3 is 10.6 Å². The van der Waals surface area contributed by atoms with Crippen LogP contribution in [0.2, 0.25) is 0 Å². The van der Waals surface area contributed by atoms with Gasteiger partial charge in [-0.1, -0.05) is 0 Å². The van der Waals surface area contributed by atoms with Crippen LogP contribution in [0.15, 0.2) is 30.6 Å². The summed E-state index contributed by atoms with van der Waals surface area (Å²) in [6.07, 6.45) is -0.310. The lowest BCUT2D eigenvalue weighted by molar-refractivity contribution is -0.137. The lowest BCUT2D eigenvalue weighted by Crippen LogP contribution is -2.35. The monoisotopic (exact) mass is 325 g/mol. The first-order valence-electron chi connectivity index (χ1n) is 7.07. The highest BCUT2D eigenvalue weighted by atomic mass is 19.4. The number of carbonyl (C=O) groups is 1. The van der Waals surface area contributed by atoms with Crippen LogP contribution in [-0.2, 0) is 11.0 Å². The van der Waals surface area contributed by atoms with Crippen LogP contribution in [0.4, 0.5) is 19.0 Å². The van der Waals surface area contributed by atoms with Crippen LogP contribution in [0.5, 0.6) is 0 Å². The number of nitrogens with one attached hydrogen (secondary N) is 2. The maximum absolute atomic E-state index is 13.0. The summed E-state index contributed by atoms with van der Waals surface area (Å²) < 4.78 is 40.0. The van der Waals surface area contributed by atoms with Gasteiger partial charge >= 0.3 is 6.18 Å². The Kier molecular flexibility index (Phi) is 4.03. The van der Waals surface area contributed by atoms with Crippen LogP contribution in [-0.4, -0.2) is 33.3 Å². The van der Waals surface area contributed by atoms with E-state index in [1.54, 1.807) is 0 Å². The number of nitrogens with zero attached hydrogens (tertiary/aromatic N) is 3. The molecule has 23 heavy (non-hydrogen) atoms. The van der Waals surface area contributed by atoms with Gasteiger partial charge in [0.05, 0.1) is 6.04 Å². The normalized spacial score (nSPS) is 18.1. The van der Waals surface area contributed by atoms with E-state index in [0.29, 0.717) is 0 Å². The van der Waals surface area contributed by atoms with Gasteiger partial charge in [-0.05, 0) is 31.5 Å². The van der Waals surface area contributed by atoms with Crippen molar-refractivity contribution in [3.63, 3.8) is 0 Å². The zero-order valence-corrected chi connectivity index (χ0v) is 12.0. The Bertz CT molecular complexity index is 706. The van der Waals surface area contributed by atoms with Gasteiger partial charge in [-0.25, -0.2) is 9.67 Å². The molecule has 2 N–H and O–H groups in total. The Hall–Kier alpha value is -2.42. The molecule has 9 heteroatoms. The minimum absolute atomic E-state index is 0.183. The fourth-order valence-electron chi connectivity index (χ4n) is 2.43. The first kappa shape index (κ1) is 15.5. The molecule has 2 aromatic heterocycles.